The van der Waals surface area contributed by atoms with Gasteiger partial charge in [0, 0.05) is 25.3 Å². The summed E-state index contributed by atoms with van der Waals surface area (Å²) < 4.78 is 49.4. The number of furan rings is 1. The molecule has 2 aromatic rings. The molecule has 1 atom stereocenters. The number of anilines is 1. The Morgan fingerprint density at radius 1 is 1.33 bits per heavy atom. The first-order chi connectivity index (χ1) is 14.1. The second-order valence-corrected chi connectivity index (χ2v) is 10.1. The summed E-state index contributed by atoms with van der Waals surface area (Å²) in [6.07, 6.45) is 0. The minimum absolute atomic E-state index is 0.00239. The summed E-state index contributed by atoms with van der Waals surface area (Å²) in [6, 6.07) is 6.57. The number of benzene rings is 1. The number of hydrogen-bond acceptors (Lipinski definition) is 7. The summed E-state index contributed by atoms with van der Waals surface area (Å²) in [5.41, 5.74) is 0.152. The van der Waals surface area contributed by atoms with E-state index in [0.29, 0.717) is 5.76 Å². The number of aromatic hydroxyl groups is 1. The topological polar surface area (TPSA) is 137 Å². The van der Waals surface area contributed by atoms with Gasteiger partial charge in [0.25, 0.3) is 0 Å². The molecular formula is C17H22BrN5O5S2. The standard InChI is InChI=1S/C17H22BrN5O5S2/c1-11-5-6-12(28-11)9-21-15(22-29(25)19-2)10-20-14-8-7-13(18)17(16(14)24)30(26,27)23(3)4/h5-8,20,24H,2,9-10H2,1,3-4H3,(H,21,22). The molecule has 0 saturated heterocycles. The second kappa shape index (κ2) is 10.2. The van der Waals surface area contributed by atoms with Crippen LogP contribution in [0.4, 0.5) is 5.69 Å². The summed E-state index contributed by atoms with van der Waals surface area (Å²) in [5, 5.41) is 13.4. The molecule has 0 spiro atoms. The molecule has 1 unspecified atom stereocenters. The largest absolute Gasteiger partial charge is 0.504 e. The molecule has 1 aromatic carbocycles. The van der Waals surface area contributed by atoms with Gasteiger partial charge in [0.05, 0.1) is 18.8 Å². The molecular weight excluding hydrogens is 498 g/mol. The fourth-order valence-electron chi connectivity index (χ4n) is 2.30. The third-order valence-corrected chi connectivity index (χ3v) is 7.27. The van der Waals surface area contributed by atoms with E-state index in [1.807, 2.05) is 0 Å². The number of hydrogen-bond donors (Lipinski definition) is 3. The number of rotatable bonds is 9. The molecule has 1 heterocycles. The first kappa shape index (κ1) is 24.1. The minimum atomic E-state index is -3.90. The van der Waals surface area contributed by atoms with Gasteiger partial charge < -0.3 is 14.8 Å². The van der Waals surface area contributed by atoms with E-state index in [2.05, 4.69) is 42.1 Å². The van der Waals surface area contributed by atoms with Crippen LogP contribution in [0.1, 0.15) is 11.5 Å². The van der Waals surface area contributed by atoms with Crippen LogP contribution in [-0.2, 0) is 27.7 Å². The van der Waals surface area contributed by atoms with Crippen molar-refractivity contribution in [2.75, 3.05) is 26.0 Å². The quantitative estimate of drug-likeness (QED) is 0.264. The molecule has 0 fully saturated rings. The van der Waals surface area contributed by atoms with Crippen molar-refractivity contribution < 1.29 is 22.2 Å². The number of nitrogens with one attached hydrogen (secondary N) is 2. The highest BCUT2D eigenvalue weighted by Gasteiger charge is 2.26. The molecule has 10 nitrogen and oxygen atoms in total. The molecule has 0 amide bonds. The van der Waals surface area contributed by atoms with Crippen molar-refractivity contribution in [1.29, 1.82) is 0 Å². The van der Waals surface area contributed by atoms with Crippen LogP contribution in [0, 0.1) is 6.92 Å². The third-order valence-electron chi connectivity index (χ3n) is 3.81. The van der Waals surface area contributed by atoms with Crippen molar-refractivity contribution in [2.45, 2.75) is 18.4 Å². The Morgan fingerprint density at radius 3 is 2.60 bits per heavy atom. The number of phenols is 1. The Labute approximate surface area is 186 Å². The molecule has 13 heteroatoms. The smallest absolute Gasteiger partial charge is 0.247 e. The van der Waals surface area contributed by atoms with E-state index < -0.39 is 26.9 Å². The average Bonchev–Trinajstić information content (AvgIpc) is 3.09. The monoisotopic (exact) mass is 519 g/mol. The Morgan fingerprint density at radius 2 is 2.03 bits per heavy atom. The van der Waals surface area contributed by atoms with Crippen LogP contribution in [0.5, 0.6) is 5.75 Å². The SMILES string of the molecule is C=NS(=O)NC(CNc1ccc(Br)c(S(=O)(=O)N(C)C)c1O)=NCc1ccc(C)o1. The maximum Gasteiger partial charge on any atom is 0.247 e. The molecule has 30 heavy (non-hydrogen) atoms. The molecule has 164 valence electrons. The van der Waals surface area contributed by atoms with Gasteiger partial charge in [-0.05, 0) is 47.1 Å². The zero-order valence-corrected chi connectivity index (χ0v) is 19.8. The van der Waals surface area contributed by atoms with Crippen LogP contribution >= 0.6 is 15.9 Å². The zero-order chi connectivity index (χ0) is 22.5. The van der Waals surface area contributed by atoms with Gasteiger partial charge in [0.2, 0.25) is 21.2 Å². The van der Waals surface area contributed by atoms with Gasteiger partial charge >= 0.3 is 0 Å². The van der Waals surface area contributed by atoms with E-state index in [1.54, 1.807) is 19.1 Å². The zero-order valence-electron chi connectivity index (χ0n) is 16.5. The molecule has 0 aliphatic carbocycles. The van der Waals surface area contributed by atoms with Gasteiger partial charge in [-0.2, -0.15) is 4.40 Å². The number of amidine groups is 1. The van der Waals surface area contributed by atoms with Crippen molar-refractivity contribution >= 4 is 55.4 Å². The lowest BCUT2D eigenvalue weighted by atomic mass is 10.3. The number of halogens is 1. The fourth-order valence-corrected chi connectivity index (χ4v) is 4.67. The molecule has 0 aliphatic heterocycles. The molecule has 0 radical (unpaired) electrons. The van der Waals surface area contributed by atoms with Gasteiger partial charge in [-0.1, -0.05) is 0 Å². The molecule has 0 saturated carbocycles. The number of sulfonamides is 1. The Kier molecular flexibility index (Phi) is 8.18. The van der Waals surface area contributed by atoms with E-state index in [1.165, 1.54) is 26.2 Å². The Balaban J connectivity index is 2.28. The van der Waals surface area contributed by atoms with Crippen LogP contribution < -0.4 is 10.0 Å². The lowest BCUT2D eigenvalue weighted by Gasteiger charge is -2.17. The van der Waals surface area contributed by atoms with Crippen molar-refractivity contribution in [3.05, 3.63) is 40.3 Å². The van der Waals surface area contributed by atoms with E-state index in [9.17, 15) is 17.7 Å². The molecule has 0 aliphatic rings. The van der Waals surface area contributed by atoms with Crippen molar-refractivity contribution in [3.63, 3.8) is 0 Å². The van der Waals surface area contributed by atoms with Crippen molar-refractivity contribution in [2.24, 2.45) is 9.39 Å². The predicted molar refractivity (Wildman–Crippen MR) is 121 cm³/mol. The van der Waals surface area contributed by atoms with Crippen LogP contribution in [0.3, 0.4) is 0 Å². The maximum absolute atomic E-state index is 12.5. The first-order valence-corrected chi connectivity index (χ1v) is 11.8. The predicted octanol–water partition coefficient (Wildman–Crippen LogP) is 2.19. The van der Waals surface area contributed by atoms with Gasteiger partial charge in [-0.3, -0.25) is 9.71 Å². The molecule has 3 N–H and O–H groups in total. The van der Waals surface area contributed by atoms with Crippen LogP contribution in [-0.4, -0.2) is 55.2 Å². The number of aliphatic imine (C=N–C) groups is 1. The van der Waals surface area contributed by atoms with Crippen LogP contribution in [0.2, 0.25) is 0 Å². The van der Waals surface area contributed by atoms with Gasteiger partial charge in [0.1, 0.15) is 22.3 Å². The first-order valence-electron chi connectivity index (χ1n) is 8.48. The highest BCUT2D eigenvalue weighted by molar-refractivity contribution is 9.10. The number of nitrogens with zero attached hydrogens (tertiary/aromatic N) is 3. The van der Waals surface area contributed by atoms with Crippen LogP contribution in [0.25, 0.3) is 0 Å². The van der Waals surface area contributed by atoms with Gasteiger partial charge in [-0.15, -0.1) is 0 Å². The maximum atomic E-state index is 12.5. The Hall–Kier alpha value is -2.22. The van der Waals surface area contributed by atoms with Crippen LogP contribution in [0.15, 0.2) is 47.4 Å². The van der Waals surface area contributed by atoms with E-state index >= 15 is 0 Å². The summed E-state index contributed by atoms with van der Waals surface area (Å²) in [6.45, 7) is 5.19. The molecule has 0 bridgehead atoms. The summed E-state index contributed by atoms with van der Waals surface area (Å²) >= 11 is 1.35. The normalized spacial score (nSPS) is 13.3. The van der Waals surface area contributed by atoms with E-state index in [-0.39, 0.29) is 34.0 Å². The van der Waals surface area contributed by atoms with Gasteiger partial charge in [-0.25, -0.2) is 16.9 Å². The highest BCUT2D eigenvalue weighted by Crippen LogP contribution is 2.38. The molecule has 1 aromatic heterocycles. The van der Waals surface area contributed by atoms with Crippen molar-refractivity contribution in [1.82, 2.24) is 9.03 Å². The summed E-state index contributed by atoms with van der Waals surface area (Å²) in [5.74, 6) is 1.13. The third kappa shape index (κ3) is 5.90. The number of aryl methyl sites for hydroxylation is 1. The summed E-state index contributed by atoms with van der Waals surface area (Å²) in [4.78, 5) is 4.04. The van der Waals surface area contributed by atoms with E-state index in [0.717, 1.165) is 10.1 Å². The number of phenolic OH excluding ortho intramolecular Hbond substituents is 1. The van der Waals surface area contributed by atoms with E-state index in [4.69, 9.17) is 4.42 Å². The highest BCUT2D eigenvalue weighted by atomic mass is 79.9. The second-order valence-electron chi connectivity index (χ2n) is 6.17. The average molecular weight is 520 g/mol. The lowest BCUT2D eigenvalue weighted by molar-refractivity contribution is 0.453. The fraction of sp³-hybridized carbons (Fsp3) is 0.294. The lowest BCUT2D eigenvalue weighted by Crippen LogP contribution is -2.31. The van der Waals surface area contributed by atoms with Crippen molar-refractivity contribution in [3.8, 4) is 5.75 Å². The van der Waals surface area contributed by atoms with Gasteiger partial charge in [0.15, 0.2) is 5.75 Å². The summed E-state index contributed by atoms with van der Waals surface area (Å²) in [7, 11) is -1.17. The Bertz CT molecular complexity index is 1080. The minimum Gasteiger partial charge on any atom is -0.504 e. The molecule has 2 rings (SSSR count).